The van der Waals surface area contributed by atoms with Crippen LogP contribution in [0.5, 0.6) is 0 Å². The summed E-state index contributed by atoms with van der Waals surface area (Å²) in [6, 6.07) is 10.4. The number of hydrogen-bond acceptors (Lipinski definition) is 6. The van der Waals surface area contributed by atoms with E-state index in [9.17, 15) is 4.79 Å². The number of amides is 1. The Bertz CT molecular complexity index is 830. The summed E-state index contributed by atoms with van der Waals surface area (Å²) in [5, 5.41) is 2.74. The van der Waals surface area contributed by atoms with Crippen LogP contribution in [0.15, 0.2) is 47.1 Å². The van der Waals surface area contributed by atoms with E-state index in [-0.39, 0.29) is 24.1 Å². The Kier molecular flexibility index (Phi) is 4.01. The first kappa shape index (κ1) is 14.7. The van der Waals surface area contributed by atoms with Gasteiger partial charge in [0.2, 0.25) is 5.95 Å². The number of aromatic nitrogens is 3. The summed E-state index contributed by atoms with van der Waals surface area (Å²) < 4.78 is 5.26. The number of carbonyl (C=O) groups is 1. The van der Waals surface area contributed by atoms with E-state index in [1.165, 1.54) is 12.3 Å². The molecular formula is C16H14N5O2. The van der Waals surface area contributed by atoms with Crippen LogP contribution in [0, 0.1) is 6.92 Å². The van der Waals surface area contributed by atoms with Crippen LogP contribution in [0.3, 0.4) is 0 Å². The number of nitrogens with zero attached hydrogens (tertiary/aromatic N) is 3. The number of carbonyl (C=O) groups excluding carboxylic acids is 1. The van der Waals surface area contributed by atoms with Gasteiger partial charge in [-0.25, -0.2) is 9.97 Å². The fourth-order valence-electron chi connectivity index (χ4n) is 2.02. The lowest BCUT2D eigenvalue weighted by Gasteiger charge is -2.06. The molecule has 23 heavy (non-hydrogen) atoms. The molecule has 0 aromatic carbocycles. The quantitative estimate of drug-likeness (QED) is 0.761. The van der Waals surface area contributed by atoms with E-state index in [1.54, 1.807) is 24.3 Å². The third kappa shape index (κ3) is 3.52. The van der Waals surface area contributed by atoms with Gasteiger partial charge in [-0.15, -0.1) is 0 Å². The van der Waals surface area contributed by atoms with Gasteiger partial charge in [0.25, 0.3) is 5.91 Å². The maximum atomic E-state index is 12.2. The van der Waals surface area contributed by atoms with Crippen molar-refractivity contribution in [3.63, 3.8) is 0 Å². The molecule has 7 heteroatoms. The van der Waals surface area contributed by atoms with Crippen molar-refractivity contribution in [2.75, 3.05) is 5.73 Å². The van der Waals surface area contributed by atoms with Crippen LogP contribution in [0.25, 0.3) is 11.5 Å². The van der Waals surface area contributed by atoms with E-state index in [4.69, 9.17) is 10.2 Å². The summed E-state index contributed by atoms with van der Waals surface area (Å²) >= 11 is 0. The molecule has 3 aromatic rings. The van der Waals surface area contributed by atoms with Crippen molar-refractivity contribution < 1.29 is 9.21 Å². The van der Waals surface area contributed by atoms with E-state index in [1.807, 2.05) is 6.07 Å². The number of nitrogen functional groups attached to an aromatic ring is 1. The normalized spacial score (nSPS) is 10.5. The fraction of sp³-hybridized carbons (Fsp3) is 0.0625. The summed E-state index contributed by atoms with van der Waals surface area (Å²) in [6.07, 6.45) is 1.52. The largest absolute Gasteiger partial charge is 0.463 e. The Hall–Kier alpha value is -3.22. The number of nitrogens with one attached hydrogen (secondary N) is 1. The van der Waals surface area contributed by atoms with Crippen LogP contribution >= 0.6 is 0 Å². The van der Waals surface area contributed by atoms with Gasteiger partial charge < -0.3 is 15.5 Å². The molecule has 1 radical (unpaired) electrons. The van der Waals surface area contributed by atoms with Crippen molar-refractivity contribution in [1.29, 1.82) is 0 Å². The van der Waals surface area contributed by atoms with Gasteiger partial charge in [-0.3, -0.25) is 9.78 Å². The molecule has 0 aliphatic rings. The topological polar surface area (TPSA) is 107 Å². The minimum absolute atomic E-state index is 0.00179. The molecule has 0 bridgehead atoms. The highest BCUT2D eigenvalue weighted by molar-refractivity contribution is 5.93. The van der Waals surface area contributed by atoms with Crippen molar-refractivity contribution >= 4 is 11.9 Å². The number of nitrogens with two attached hydrogens (primary N) is 1. The van der Waals surface area contributed by atoms with Crippen LogP contribution in [0.1, 0.15) is 21.9 Å². The third-order valence-corrected chi connectivity index (χ3v) is 3.04. The summed E-state index contributed by atoms with van der Waals surface area (Å²) in [6.45, 7) is 4.01. The maximum Gasteiger partial charge on any atom is 0.270 e. The highest BCUT2D eigenvalue weighted by atomic mass is 16.3. The molecule has 1 amide bonds. The highest BCUT2D eigenvalue weighted by Gasteiger charge is 2.13. The van der Waals surface area contributed by atoms with E-state index in [0.717, 1.165) is 0 Å². The molecule has 115 valence electrons. The Morgan fingerprint density at radius 3 is 2.83 bits per heavy atom. The number of anilines is 1. The maximum absolute atomic E-state index is 12.2. The first-order valence-electron chi connectivity index (χ1n) is 6.86. The van der Waals surface area contributed by atoms with E-state index >= 15 is 0 Å². The Morgan fingerprint density at radius 1 is 1.22 bits per heavy atom. The average Bonchev–Trinajstić information content (AvgIpc) is 3.06. The molecule has 3 N–H and O–H groups in total. The lowest BCUT2D eigenvalue weighted by Crippen LogP contribution is -2.25. The molecule has 0 aliphatic carbocycles. The van der Waals surface area contributed by atoms with Crippen molar-refractivity contribution in [3.8, 4) is 11.5 Å². The first-order chi connectivity index (χ1) is 11.1. The predicted molar refractivity (Wildman–Crippen MR) is 84.0 cm³/mol. The lowest BCUT2D eigenvalue weighted by atomic mass is 10.2. The van der Waals surface area contributed by atoms with Gasteiger partial charge in [0.05, 0.1) is 18.5 Å². The van der Waals surface area contributed by atoms with Gasteiger partial charge in [-0.2, -0.15) is 0 Å². The highest BCUT2D eigenvalue weighted by Crippen LogP contribution is 2.18. The number of rotatable bonds is 4. The molecule has 3 heterocycles. The van der Waals surface area contributed by atoms with Crippen molar-refractivity contribution in [1.82, 2.24) is 20.3 Å². The smallest absolute Gasteiger partial charge is 0.270 e. The number of hydrogen-bond donors (Lipinski definition) is 2. The fourth-order valence-corrected chi connectivity index (χ4v) is 2.02. The zero-order valence-electron chi connectivity index (χ0n) is 12.2. The van der Waals surface area contributed by atoms with Crippen LogP contribution < -0.4 is 11.1 Å². The predicted octanol–water partition coefficient (Wildman–Crippen LogP) is 1.83. The molecular weight excluding hydrogens is 294 g/mol. The van der Waals surface area contributed by atoms with Crippen molar-refractivity contribution in [2.45, 2.75) is 6.54 Å². The van der Waals surface area contributed by atoms with Gasteiger partial charge in [0.1, 0.15) is 11.4 Å². The summed E-state index contributed by atoms with van der Waals surface area (Å²) in [4.78, 5) is 24.5. The van der Waals surface area contributed by atoms with E-state index in [2.05, 4.69) is 27.2 Å². The molecule has 0 unspecified atom stereocenters. The second-order valence-corrected chi connectivity index (χ2v) is 4.78. The Labute approximate surface area is 132 Å². The third-order valence-electron chi connectivity index (χ3n) is 3.04. The number of furan rings is 1. The van der Waals surface area contributed by atoms with Gasteiger partial charge in [-0.1, -0.05) is 6.07 Å². The molecule has 0 saturated carbocycles. The zero-order chi connectivity index (χ0) is 16.2. The van der Waals surface area contributed by atoms with Crippen LogP contribution in [0.4, 0.5) is 5.95 Å². The van der Waals surface area contributed by atoms with Crippen LogP contribution in [-0.2, 0) is 6.54 Å². The standard InChI is InChI=1S/C16H14N5O2/c1-10-4-2-5-11(19-10)9-18-15(22)13-8-12(20-16(17)21-13)14-6-3-7-23-14/h2-8H,1,9H2,(H,18,22)(H2,17,20,21). The van der Waals surface area contributed by atoms with Gasteiger partial charge >= 0.3 is 0 Å². The van der Waals surface area contributed by atoms with Gasteiger partial charge in [0.15, 0.2) is 5.76 Å². The molecule has 0 fully saturated rings. The average molecular weight is 308 g/mol. The second kappa shape index (κ2) is 6.27. The monoisotopic (exact) mass is 308 g/mol. The summed E-state index contributed by atoms with van der Waals surface area (Å²) in [7, 11) is 0. The summed E-state index contributed by atoms with van der Waals surface area (Å²) in [5.41, 5.74) is 7.63. The lowest BCUT2D eigenvalue weighted by molar-refractivity contribution is 0.0945. The Morgan fingerprint density at radius 2 is 2.09 bits per heavy atom. The summed E-state index contributed by atoms with van der Waals surface area (Å²) in [5.74, 6) is 0.143. The van der Waals surface area contributed by atoms with Gasteiger partial charge in [-0.05, 0) is 37.3 Å². The van der Waals surface area contributed by atoms with E-state index in [0.29, 0.717) is 22.8 Å². The van der Waals surface area contributed by atoms with Crippen LogP contribution in [0.2, 0.25) is 0 Å². The van der Waals surface area contributed by atoms with Crippen molar-refractivity contribution in [3.05, 3.63) is 66.7 Å². The molecule has 0 saturated heterocycles. The molecule has 0 aliphatic heterocycles. The molecule has 3 rings (SSSR count). The molecule has 7 nitrogen and oxygen atoms in total. The van der Waals surface area contributed by atoms with E-state index < -0.39 is 0 Å². The first-order valence-corrected chi connectivity index (χ1v) is 6.86. The van der Waals surface area contributed by atoms with Crippen molar-refractivity contribution in [2.24, 2.45) is 0 Å². The number of pyridine rings is 1. The molecule has 0 spiro atoms. The minimum Gasteiger partial charge on any atom is -0.463 e. The molecule has 0 atom stereocenters. The minimum atomic E-state index is -0.372. The van der Waals surface area contributed by atoms with Crippen LogP contribution in [-0.4, -0.2) is 20.9 Å². The van der Waals surface area contributed by atoms with Gasteiger partial charge in [0, 0.05) is 5.69 Å². The zero-order valence-corrected chi connectivity index (χ0v) is 12.2. The SMILES string of the molecule is [CH2]c1cccc(CNC(=O)c2cc(-c3ccco3)nc(N)n2)n1. The second-order valence-electron chi connectivity index (χ2n) is 4.78. The Balaban J connectivity index is 1.77. The molecule has 3 aromatic heterocycles.